The van der Waals surface area contributed by atoms with Crippen LogP contribution in [0.1, 0.15) is 106 Å². The minimum absolute atomic E-state index is 0.381. The summed E-state index contributed by atoms with van der Waals surface area (Å²) < 4.78 is 11.8. The highest BCUT2D eigenvalue weighted by Crippen LogP contribution is 2.35. The summed E-state index contributed by atoms with van der Waals surface area (Å²) in [5.41, 5.74) is 5.60. The molecule has 2 heterocycles. The average molecular weight is 681 g/mol. The van der Waals surface area contributed by atoms with Crippen LogP contribution in [-0.2, 0) is 9.47 Å². The number of hydrogen-bond donors (Lipinski definition) is 0. The van der Waals surface area contributed by atoms with E-state index in [-0.39, 0.29) is 0 Å². The van der Waals surface area contributed by atoms with Gasteiger partial charge in [0, 0.05) is 35.9 Å². The first-order valence-corrected chi connectivity index (χ1v) is 18.2. The molecule has 4 aromatic rings. The van der Waals surface area contributed by atoms with Crippen molar-refractivity contribution < 1.29 is 9.47 Å². The van der Waals surface area contributed by atoms with Crippen molar-refractivity contribution in [3.8, 4) is 34.9 Å². The molecule has 2 aliphatic rings. The van der Waals surface area contributed by atoms with Crippen molar-refractivity contribution in [2.75, 3.05) is 13.2 Å². The molecule has 0 bridgehead atoms. The van der Waals surface area contributed by atoms with Crippen LogP contribution in [0.25, 0.3) is 22.8 Å². The summed E-state index contributed by atoms with van der Waals surface area (Å²) in [6.45, 7) is 5.60. The topological polar surface area (TPSA) is 118 Å². The lowest BCUT2D eigenvalue weighted by Crippen LogP contribution is -2.21. The van der Waals surface area contributed by atoms with E-state index < -0.39 is 0 Å². The Labute approximate surface area is 303 Å². The van der Waals surface area contributed by atoms with Gasteiger partial charge in [0.1, 0.15) is 0 Å². The zero-order chi connectivity index (χ0) is 35.7. The molecule has 51 heavy (non-hydrogen) atoms. The Balaban J connectivity index is 0.000000198. The summed E-state index contributed by atoms with van der Waals surface area (Å²) in [7, 11) is 0. The fourth-order valence-corrected chi connectivity index (χ4v) is 6.62. The molecule has 0 aliphatic heterocycles. The molecule has 2 saturated carbocycles. The summed E-state index contributed by atoms with van der Waals surface area (Å²) in [6.07, 6.45) is 26.9. The van der Waals surface area contributed by atoms with Crippen LogP contribution in [0.4, 0.5) is 0 Å². The zero-order valence-electron chi connectivity index (χ0n) is 29.8. The number of hydrogen-bond acceptors (Lipinski definition) is 8. The number of nitriles is 2. The van der Waals surface area contributed by atoms with E-state index in [0.717, 1.165) is 75.5 Å². The van der Waals surface area contributed by atoms with Crippen LogP contribution in [0.15, 0.2) is 97.6 Å². The summed E-state index contributed by atoms with van der Waals surface area (Å²) >= 11 is 0. The molecule has 2 aliphatic carbocycles. The van der Waals surface area contributed by atoms with Gasteiger partial charge < -0.3 is 9.47 Å². The van der Waals surface area contributed by atoms with Crippen molar-refractivity contribution in [1.82, 2.24) is 19.9 Å². The molecule has 0 spiro atoms. The van der Waals surface area contributed by atoms with Crippen molar-refractivity contribution >= 4 is 0 Å². The lowest BCUT2D eigenvalue weighted by molar-refractivity contribution is 0.0420. The van der Waals surface area contributed by atoms with E-state index in [1.54, 1.807) is 24.3 Å². The number of ether oxygens (including phenoxy) is 2. The fraction of sp³-hybridized carbons (Fsp3) is 0.395. The molecule has 0 saturated heterocycles. The second kappa shape index (κ2) is 20.0. The van der Waals surface area contributed by atoms with Gasteiger partial charge in [0.05, 0.1) is 48.7 Å². The van der Waals surface area contributed by atoms with Crippen molar-refractivity contribution in [1.29, 1.82) is 10.5 Å². The first-order valence-electron chi connectivity index (χ1n) is 18.2. The number of rotatable bonds is 11. The normalized spacial score (nSPS) is 20.3. The van der Waals surface area contributed by atoms with Gasteiger partial charge in [-0.2, -0.15) is 10.5 Å². The molecule has 8 heteroatoms. The summed E-state index contributed by atoms with van der Waals surface area (Å²) in [5.74, 6) is 2.46. The number of allylic oxidation sites excluding steroid dienone is 2. The molecule has 2 aromatic heterocycles. The Kier molecular flexibility index (Phi) is 14.6. The third kappa shape index (κ3) is 11.2. The fourth-order valence-electron chi connectivity index (χ4n) is 6.62. The third-order valence-corrected chi connectivity index (χ3v) is 9.67. The quantitative estimate of drug-likeness (QED) is 0.144. The predicted molar refractivity (Wildman–Crippen MR) is 201 cm³/mol. The zero-order valence-corrected chi connectivity index (χ0v) is 29.8. The van der Waals surface area contributed by atoms with Gasteiger partial charge in [0.25, 0.3) is 0 Å². The van der Waals surface area contributed by atoms with Crippen LogP contribution < -0.4 is 0 Å². The highest BCUT2D eigenvalue weighted by Gasteiger charge is 2.24. The smallest absolute Gasteiger partial charge is 0.159 e. The van der Waals surface area contributed by atoms with Crippen LogP contribution in [0.3, 0.4) is 0 Å². The molecule has 2 fully saturated rings. The van der Waals surface area contributed by atoms with E-state index in [1.165, 1.54) is 11.1 Å². The molecular formula is C43H48N6O2. The SMILES string of the molecule is C/C=C/COC1CCC(c2cnc(-c3ccc(C#N)cc3)nc2)CC1.CC/C=C/COC1CCC(c2cnc(-c3ccc(C#N)cc3)nc2)CC1. The number of nitrogens with zero attached hydrogens (tertiary/aromatic N) is 6. The van der Waals surface area contributed by atoms with Gasteiger partial charge in [0.15, 0.2) is 11.6 Å². The van der Waals surface area contributed by atoms with E-state index in [9.17, 15) is 0 Å². The molecule has 0 atom stereocenters. The molecule has 262 valence electrons. The summed E-state index contributed by atoms with van der Waals surface area (Å²) in [5, 5.41) is 17.7. The van der Waals surface area contributed by atoms with Crippen LogP contribution >= 0.6 is 0 Å². The van der Waals surface area contributed by atoms with Crippen LogP contribution in [0, 0.1) is 22.7 Å². The highest BCUT2D eigenvalue weighted by molar-refractivity contribution is 5.57. The maximum Gasteiger partial charge on any atom is 0.159 e. The van der Waals surface area contributed by atoms with Gasteiger partial charge in [-0.25, -0.2) is 19.9 Å². The Morgan fingerprint density at radius 3 is 1.33 bits per heavy atom. The second-order valence-electron chi connectivity index (χ2n) is 13.1. The molecule has 0 N–H and O–H groups in total. The standard InChI is InChI=1S/C22H25N3O.C21H23N3O/c1-2-3-4-13-26-21-11-9-18(10-12-21)20-15-24-22(25-16-20)19-7-5-17(14-23)6-8-19;1-2-3-12-25-20-10-8-17(9-11-20)19-14-23-21(24-15-19)18-6-4-16(13-22)5-7-18/h3-8,15-16,18,21H,2,9-13H2,1H3;2-7,14-15,17,20H,8-12H2,1H3/b4-3+;3-2+. The molecule has 2 aromatic carbocycles. The predicted octanol–water partition coefficient (Wildman–Crippen LogP) is 9.66. The van der Waals surface area contributed by atoms with Gasteiger partial charge in [0.2, 0.25) is 0 Å². The van der Waals surface area contributed by atoms with Crippen molar-refractivity contribution in [2.45, 2.75) is 95.7 Å². The van der Waals surface area contributed by atoms with Crippen LogP contribution in [-0.4, -0.2) is 45.4 Å². The van der Waals surface area contributed by atoms with Crippen molar-refractivity contribution in [3.63, 3.8) is 0 Å². The van der Waals surface area contributed by atoms with Crippen molar-refractivity contribution in [2.24, 2.45) is 0 Å². The molecule has 0 radical (unpaired) electrons. The Morgan fingerprint density at radius 2 is 0.980 bits per heavy atom. The minimum Gasteiger partial charge on any atom is -0.374 e. The largest absolute Gasteiger partial charge is 0.374 e. The molecule has 8 nitrogen and oxygen atoms in total. The van der Waals surface area contributed by atoms with Gasteiger partial charge in [-0.3, -0.25) is 0 Å². The minimum atomic E-state index is 0.381. The maximum absolute atomic E-state index is 8.88. The lowest BCUT2D eigenvalue weighted by Gasteiger charge is -2.28. The van der Waals surface area contributed by atoms with E-state index in [4.69, 9.17) is 20.0 Å². The van der Waals surface area contributed by atoms with Gasteiger partial charge in [-0.15, -0.1) is 0 Å². The van der Waals surface area contributed by atoms with Gasteiger partial charge in [-0.05, 0) is 136 Å². The molecule has 0 unspecified atom stereocenters. The first kappa shape index (κ1) is 37.2. The lowest BCUT2D eigenvalue weighted by atomic mass is 9.84. The third-order valence-electron chi connectivity index (χ3n) is 9.67. The van der Waals surface area contributed by atoms with E-state index in [0.29, 0.717) is 53.4 Å². The van der Waals surface area contributed by atoms with Gasteiger partial charge in [-0.1, -0.05) is 31.2 Å². The highest BCUT2D eigenvalue weighted by atomic mass is 16.5. The van der Waals surface area contributed by atoms with Crippen LogP contribution in [0.5, 0.6) is 0 Å². The molecule has 0 amide bonds. The summed E-state index contributed by atoms with van der Waals surface area (Å²) in [4.78, 5) is 18.1. The van der Waals surface area contributed by atoms with E-state index in [1.807, 2.05) is 62.1 Å². The van der Waals surface area contributed by atoms with Gasteiger partial charge >= 0.3 is 0 Å². The number of aromatic nitrogens is 4. The Morgan fingerprint density at radius 1 is 0.588 bits per heavy atom. The molecule has 6 rings (SSSR count). The average Bonchev–Trinajstić information content (AvgIpc) is 3.21. The van der Waals surface area contributed by atoms with Crippen molar-refractivity contribution in [3.05, 3.63) is 120 Å². The monoisotopic (exact) mass is 680 g/mol. The Bertz CT molecular complexity index is 1760. The van der Waals surface area contributed by atoms with Crippen LogP contribution in [0.2, 0.25) is 0 Å². The maximum atomic E-state index is 8.88. The second-order valence-corrected chi connectivity index (χ2v) is 13.1. The first-order chi connectivity index (χ1) is 25.1. The van der Waals surface area contributed by atoms with E-state index >= 15 is 0 Å². The summed E-state index contributed by atoms with van der Waals surface area (Å²) in [6, 6.07) is 19.0. The molecular weight excluding hydrogens is 633 g/mol. The Hall–Kier alpha value is -5.02. The number of benzene rings is 2. The van der Waals surface area contributed by atoms with E-state index in [2.05, 4.69) is 57.2 Å².